The molecule has 2 amide bonds. The molecule has 3 rings (SSSR count). The Hall–Kier alpha value is -1.84. The molecule has 0 bridgehead atoms. The van der Waals surface area contributed by atoms with Crippen molar-refractivity contribution in [2.75, 3.05) is 6.54 Å². The van der Waals surface area contributed by atoms with Crippen molar-refractivity contribution in [1.29, 1.82) is 0 Å². The number of aryl methyl sites for hydroxylation is 1. The Kier molecular flexibility index (Phi) is 5.54. The first-order valence-electron chi connectivity index (χ1n) is 9.27. The molecule has 0 aromatic heterocycles. The SMILES string of the molecule is C[C@@H](CCc1ccccc1)NC(=O)[C@@H]1CC(=O)N(C2CCCC2)C1. The van der Waals surface area contributed by atoms with Crippen LogP contribution >= 0.6 is 0 Å². The molecule has 130 valence electrons. The number of amides is 2. The fraction of sp³-hybridized carbons (Fsp3) is 0.600. The van der Waals surface area contributed by atoms with Gasteiger partial charge in [-0.3, -0.25) is 9.59 Å². The fourth-order valence-corrected chi connectivity index (χ4v) is 3.94. The highest BCUT2D eigenvalue weighted by atomic mass is 16.2. The van der Waals surface area contributed by atoms with E-state index in [4.69, 9.17) is 0 Å². The number of likely N-dealkylation sites (tertiary alicyclic amines) is 1. The number of nitrogens with one attached hydrogen (secondary N) is 1. The quantitative estimate of drug-likeness (QED) is 0.873. The van der Waals surface area contributed by atoms with E-state index in [9.17, 15) is 9.59 Å². The average Bonchev–Trinajstić information content (AvgIpc) is 3.23. The minimum absolute atomic E-state index is 0.0457. The van der Waals surface area contributed by atoms with Crippen LogP contribution in [0.4, 0.5) is 0 Å². The summed E-state index contributed by atoms with van der Waals surface area (Å²) in [6.45, 7) is 2.66. The van der Waals surface area contributed by atoms with Crippen molar-refractivity contribution < 1.29 is 9.59 Å². The molecular weight excluding hydrogens is 300 g/mol. The Bertz CT molecular complexity index is 566. The molecule has 1 aliphatic carbocycles. The van der Waals surface area contributed by atoms with Gasteiger partial charge in [-0.25, -0.2) is 0 Å². The van der Waals surface area contributed by atoms with Crippen molar-refractivity contribution in [3.8, 4) is 0 Å². The zero-order chi connectivity index (χ0) is 16.9. The third-order valence-corrected chi connectivity index (χ3v) is 5.39. The van der Waals surface area contributed by atoms with Crippen molar-refractivity contribution in [1.82, 2.24) is 10.2 Å². The molecule has 1 aromatic rings. The second kappa shape index (κ2) is 7.82. The number of nitrogens with zero attached hydrogens (tertiary/aromatic N) is 1. The topological polar surface area (TPSA) is 49.4 Å². The largest absolute Gasteiger partial charge is 0.353 e. The minimum Gasteiger partial charge on any atom is -0.353 e. The first-order chi connectivity index (χ1) is 11.6. The predicted octanol–water partition coefficient (Wildman–Crippen LogP) is 2.92. The highest BCUT2D eigenvalue weighted by molar-refractivity contribution is 5.89. The third-order valence-electron chi connectivity index (χ3n) is 5.39. The molecule has 1 saturated heterocycles. The summed E-state index contributed by atoms with van der Waals surface area (Å²) in [5, 5.41) is 3.11. The van der Waals surface area contributed by atoms with Gasteiger partial charge in [0.05, 0.1) is 5.92 Å². The van der Waals surface area contributed by atoms with Gasteiger partial charge >= 0.3 is 0 Å². The van der Waals surface area contributed by atoms with E-state index in [-0.39, 0.29) is 23.8 Å². The van der Waals surface area contributed by atoms with Crippen LogP contribution in [0.2, 0.25) is 0 Å². The van der Waals surface area contributed by atoms with Crippen LogP contribution in [0.3, 0.4) is 0 Å². The van der Waals surface area contributed by atoms with Crippen LogP contribution in [-0.4, -0.2) is 35.3 Å². The van der Waals surface area contributed by atoms with Crippen molar-refractivity contribution in [3.05, 3.63) is 35.9 Å². The van der Waals surface area contributed by atoms with Crippen molar-refractivity contribution in [2.24, 2.45) is 5.92 Å². The van der Waals surface area contributed by atoms with Gasteiger partial charge in [-0.2, -0.15) is 0 Å². The molecule has 24 heavy (non-hydrogen) atoms. The van der Waals surface area contributed by atoms with Crippen LogP contribution in [0.15, 0.2) is 30.3 Å². The molecule has 1 heterocycles. The van der Waals surface area contributed by atoms with Gasteiger partial charge in [-0.05, 0) is 38.2 Å². The molecule has 2 atom stereocenters. The first kappa shape index (κ1) is 17.0. The van der Waals surface area contributed by atoms with E-state index in [0.29, 0.717) is 19.0 Å². The number of benzene rings is 1. The average molecular weight is 328 g/mol. The molecule has 0 spiro atoms. The Labute approximate surface area is 144 Å². The molecule has 4 nitrogen and oxygen atoms in total. The van der Waals surface area contributed by atoms with Gasteiger partial charge in [0.15, 0.2) is 0 Å². The molecule has 0 radical (unpaired) electrons. The molecule has 2 fully saturated rings. The zero-order valence-corrected chi connectivity index (χ0v) is 14.5. The van der Waals surface area contributed by atoms with E-state index in [0.717, 1.165) is 25.7 Å². The van der Waals surface area contributed by atoms with E-state index < -0.39 is 0 Å². The van der Waals surface area contributed by atoms with Crippen molar-refractivity contribution >= 4 is 11.8 Å². The summed E-state index contributed by atoms with van der Waals surface area (Å²) in [6, 6.07) is 10.8. The summed E-state index contributed by atoms with van der Waals surface area (Å²) in [7, 11) is 0. The Balaban J connectivity index is 1.45. The Morgan fingerprint density at radius 2 is 1.96 bits per heavy atom. The summed E-state index contributed by atoms with van der Waals surface area (Å²) in [5.41, 5.74) is 1.29. The van der Waals surface area contributed by atoms with Gasteiger partial charge < -0.3 is 10.2 Å². The molecule has 0 unspecified atom stereocenters. The van der Waals surface area contributed by atoms with Gasteiger partial charge in [-0.15, -0.1) is 0 Å². The van der Waals surface area contributed by atoms with Crippen LogP contribution in [0.25, 0.3) is 0 Å². The Morgan fingerprint density at radius 1 is 1.25 bits per heavy atom. The lowest BCUT2D eigenvalue weighted by Crippen LogP contribution is -2.40. The summed E-state index contributed by atoms with van der Waals surface area (Å²) >= 11 is 0. The normalized spacial score (nSPS) is 22.8. The maximum atomic E-state index is 12.5. The van der Waals surface area contributed by atoms with E-state index in [2.05, 4.69) is 17.4 Å². The molecular formula is C20H28N2O2. The Morgan fingerprint density at radius 3 is 2.67 bits per heavy atom. The molecule has 2 aliphatic rings. The standard InChI is InChI=1S/C20H28N2O2/c1-15(11-12-16-7-3-2-4-8-16)21-20(24)17-13-19(23)22(14-17)18-9-5-6-10-18/h2-4,7-8,15,17-18H,5-6,9-14H2,1H3,(H,21,24)/t15-,17+/m0/s1. The van der Waals surface area contributed by atoms with E-state index in [1.807, 2.05) is 30.0 Å². The maximum absolute atomic E-state index is 12.5. The summed E-state index contributed by atoms with van der Waals surface area (Å²) in [4.78, 5) is 26.7. The lowest BCUT2D eigenvalue weighted by atomic mass is 10.0. The predicted molar refractivity (Wildman–Crippen MR) is 94.4 cm³/mol. The number of rotatable bonds is 6. The lowest BCUT2D eigenvalue weighted by Gasteiger charge is -2.24. The van der Waals surface area contributed by atoms with Crippen LogP contribution in [0.1, 0.15) is 51.0 Å². The minimum atomic E-state index is -0.169. The van der Waals surface area contributed by atoms with E-state index in [1.165, 1.54) is 18.4 Å². The number of hydrogen-bond acceptors (Lipinski definition) is 2. The number of carbonyl (C=O) groups excluding carboxylic acids is 2. The zero-order valence-electron chi connectivity index (χ0n) is 14.5. The first-order valence-corrected chi connectivity index (χ1v) is 9.27. The van der Waals surface area contributed by atoms with Crippen LogP contribution < -0.4 is 5.32 Å². The van der Waals surface area contributed by atoms with Crippen molar-refractivity contribution in [2.45, 2.75) is 64.0 Å². The van der Waals surface area contributed by atoms with Crippen LogP contribution in [-0.2, 0) is 16.0 Å². The van der Waals surface area contributed by atoms with Gasteiger partial charge in [0.25, 0.3) is 0 Å². The molecule has 4 heteroatoms. The molecule has 1 aromatic carbocycles. The summed E-state index contributed by atoms with van der Waals surface area (Å²) in [5.74, 6) is 0.0423. The number of carbonyl (C=O) groups is 2. The van der Waals surface area contributed by atoms with Gasteiger partial charge in [0.2, 0.25) is 11.8 Å². The second-order valence-electron chi connectivity index (χ2n) is 7.32. The van der Waals surface area contributed by atoms with E-state index >= 15 is 0 Å². The maximum Gasteiger partial charge on any atom is 0.225 e. The molecule has 1 aliphatic heterocycles. The van der Waals surface area contributed by atoms with E-state index in [1.54, 1.807) is 0 Å². The summed E-state index contributed by atoms with van der Waals surface area (Å²) in [6.07, 6.45) is 6.89. The molecule has 1 saturated carbocycles. The third kappa shape index (κ3) is 4.16. The smallest absolute Gasteiger partial charge is 0.225 e. The summed E-state index contributed by atoms with van der Waals surface area (Å²) < 4.78 is 0. The highest BCUT2D eigenvalue weighted by Gasteiger charge is 2.38. The lowest BCUT2D eigenvalue weighted by molar-refractivity contribution is -0.130. The van der Waals surface area contributed by atoms with Gasteiger partial charge in [-0.1, -0.05) is 43.2 Å². The van der Waals surface area contributed by atoms with Crippen LogP contribution in [0, 0.1) is 5.92 Å². The fourth-order valence-electron chi connectivity index (χ4n) is 3.94. The molecule has 1 N–H and O–H groups in total. The second-order valence-corrected chi connectivity index (χ2v) is 7.32. The van der Waals surface area contributed by atoms with Crippen LogP contribution in [0.5, 0.6) is 0 Å². The monoisotopic (exact) mass is 328 g/mol. The van der Waals surface area contributed by atoms with Gasteiger partial charge in [0.1, 0.15) is 0 Å². The highest BCUT2D eigenvalue weighted by Crippen LogP contribution is 2.29. The van der Waals surface area contributed by atoms with Gasteiger partial charge in [0, 0.05) is 25.0 Å². The number of hydrogen-bond donors (Lipinski definition) is 1. The van der Waals surface area contributed by atoms with Crippen molar-refractivity contribution in [3.63, 3.8) is 0 Å².